The molecule has 1 heterocycles. The number of amides is 1. The number of hydrogen-bond donors (Lipinski definition) is 1. The van der Waals surface area contributed by atoms with Crippen molar-refractivity contribution in [2.75, 3.05) is 26.2 Å². The lowest BCUT2D eigenvalue weighted by atomic mass is 9.82. The van der Waals surface area contributed by atoms with Gasteiger partial charge in [0.25, 0.3) is 0 Å². The number of aliphatic carboxylic acids is 1. The van der Waals surface area contributed by atoms with Crippen LogP contribution < -0.4 is 0 Å². The van der Waals surface area contributed by atoms with Crippen LogP contribution in [0.25, 0.3) is 0 Å². The minimum absolute atomic E-state index is 0.0819. The standard InChI is InChI=1S/C13H24N2O3/c1-4-15(5-2)13(10-12(17)18)6-8-14(9-7-13)11(3)16/h4-10H2,1-3H3,(H,17,18). The van der Waals surface area contributed by atoms with Gasteiger partial charge in [0.05, 0.1) is 6.42 Å². The topological polar surface area (TPSA) is 60.9 Å². The van der Waals surface area contributed by atoms with Crippen molar-refractivity contribution < 1.29 is 14.7 Å². The normalized spacial score (nSPS) is 19.0. The van der Waals surface area contributed by atoms with Crippen molar-refractivity contribution in [1.82, 2.24) is 9.80 Å². The second kappa shape index (κ2) is 6.18. The molecule has 1 saturated heterocycles. The summed E-state index contributed by atoms with van der Waals surface area (Å²) in [5.41, 5.74) is -0.277. The van der Waals surface area contributed by atoms with Crippen LogP contribution in [-0.4, -0.2) is 58.5 Å². The highest BCUT2D eigenvalue weighted by Crippen LogP contribution is 2.32. The van der Waals surface area contributed by atoms with Gasteiger partial charge in [0.2, 0.25) is 5.91 Å². The van der Waals surface area contributed by atoms with E-state index in [4.69, 9.17) is 5.11 Å². The van der Waals surface area contributed by atoms with Crippen LogP contribution in [0.5, 0.6) is 0 Å². The number of likely N-dealkylation sites (tertiary alicyclic amines) is 1. The number of rotatable bonds is 5. The van der Waals surface area contributed by atoms with Crippen molar-refractivity contribution in [2.24, 2.45) is 0 Å². The Morgan fingerprint density at radius 2 is 1.72 bits per heavy atom. The minimum Gasteiger partial charge on any atom is -0.481 e. The first-order valence-electron chi connectivity index (χ1n) is 6.67. The molecule has 5 nitrogen and oxygen atoms in total. The van der Waals surface area contributed by atoms with Crippen molar-refractivity contribution in [3.05, 3.63) is 0 Å². The number of carbonyl (C=O) groups excluding carboxylic acids is 1. The molecule has 0 radical (unpaired) electrons. The summed E-state index contributed by atoms with van der Waals surface area (Å²) in [6, 6.07) is 0. The largest absolute Gasteiger partial charge is 0.481 e. The molecule has 1 fully saturated rings. The van der Waals surface area contributed by atoms with Crippen molar-refractivity contribution >= 4 is 11.9 Å². The van der Waals surface area contributed by atoms with E-state index >= 15 is 0 Å². The molecule has 0 aromatic heterocycles. The summed E-state index contributed by atoms with van der Waals surface area (Å²) in [5.74, 6) is -0.670. The van der Waals surface area contributed by atoms with Gasteiger partial charge in [-0.2, -0.15) is 0 Å². The van der Waals surface area contributed by atoms with E-state index in [2.05, 4.69) is 18.7 Å². The molecule has 1 N–H and O–H groups in total. The summed E-state index contributed by atoms with van der Waals surface area (Å²) >= 11 is 0. The molecule has 0 bridgehead atoms. The van der Waals surface area contributed by atoms with Crippen LogP contribution in [-0.2, 0) is 9.59 Å². The summed E-state index contributed by atoms with van der Waals surface area (Å²) in [5, 5.41) is 9.14. The van der Waals surface area contributed by atoms with Crippen molar-refractivity contribution in [2.45, 2.75) is 45.6 Å². The number of nitrogens with zero attached hydrogens (tertiary/aromatic N) is 2. The zero-order valence-electron chi connectivity index (χ0n) is 11.6. The van der Waals surface area contributed by atoms with E-state index < -0.39 is 5.97 Å². The van der Waals surface area contributed by atoms with Gasteiger partial charge in [-0.3, -0.25) is 14.5 Å². The fraction of sp³-hybridized carbons (Fsp3) is 0.846. The van der Waals surface area contributed by atoms with Crippen LogP contribution in [0.3, 0.4) is 0 Å². The van der Waals surface area contributed by atoms with Crippen molar-refractivity contribution in [3.63, 3.8) is 0 Å². The van der Waals surface area contributed by atoms with Gasteiger partial charge in [0.1, 0.15) is 0 Å². The molecule has 1 rings (SSSR count). The third-order valence-electron chi connectivity index (χ3n) is 4.05. The van der Waals surface area contributed by atoms with E-state index in [0.29, 0.717) is 13.1 Å². The number of carboxylic acid groups (broad SMARTS) is 1. The van der Waals surface area contributed by atoms with Crippen LogP contribution >= 0.6 is 0 Å². The van der Waals surface area contributed by atoms with Gasteiger partial charge in [-0.25, -0.2) is 0 Å². The van der Waals surface area contributed by atoms with E-state index in [1.54, 1.807) is 6.92 Å². The molecule has 0 aromatic rings. The highest BCUT2D eigenvalue weighted by molar-refractivity contribution is 5.73. The first-order valence-corrected chi connectivity index (χ1v) is 6.67. The molecule has 104 valence electrons. The Kier molecular flexibility index (Phi) is 5.14. The summed E-state index contributed by atoms with van der Waals surface area (Å²) in [6.07, 6.45) is 1.67. The van der Waals surface area contributed by atoms with E-state index in [-0.39, 0.29) is 17.9 Å². The summed E-state index contributed by atoms with van der Waals surface area (Å²) in [7, 11) is 0. The monoisotopic (exact) mass is 256 g/mol. The molecule has 18 heavy (non-hydrogen) atoms. The third kappa shape index (κ3) is 3.22. The van der Waals surface area contributed by atoms with E-state index in [0.717, 1.165) is 25.9 Å². The minimum atomic E-state index is -0.752. The molecular weight excluding hydrogens is 232 g/mol. The third-order valence-corrected chi connectivity index (χ3v) is 4.05. The second-order valence-corrected chi connectivity index (χ2v) is 4.97. The summed E-state index contributed by atoms with van der Waals surface area (Å²) < 4.78 is 0. The van der Waals surface area contributed by atoms with E-state index in [1.807, 2.05) is 4.90 Å². The Balaban J connectivity index is 2.81. The van der Waals surface area contributed by atoms with Gasteiger partial charge in [-0.1, -0.05) is 13.8 Å². The van der Waals surface area contributed by atoms with Gasteiger partial charge in [0.15, 0.2) is 0 Å². The molecular formula is C13H24N2O3. The van der Waals surface area contributed by atoms with Crippen LogP contribution in [0.4, 0.5) is 0 Å². The Labute approximate surface area is 109 Å². The molecule has 0 unspecified atom stereocenters. The van der Waals surface area contributed by atoms with Gasteiger partial charge >= 0.3 is 5.97 Å². The lowest BCUT2D eigenvalue weighted by molar-refractivity contribution is -0.142. The summed E-state index contributed by atoms with van der Waals surface area (Å²) in [6.45, 7) is 8.72. The van der Waals surface area contributed by atoms with Gasteiger partial charge < -0.3 is 10.0 Å². The molecule has 1 aliphatic rings. The Morgan fingerprint density at radius 1 is 1.22 bits per heavy atom. The van der Waals surface area contributed by atoms with Gasteiger partial charge in [-0.05, 0) is 25.9 Å². The van der Waals surface area contributed by atoms with Crippen molar-refractivity contribution in [1.29, 1.82) is 0 Å². The Hall–Kier alpha value is -1.10. The lowest BCUT2D eigenvalue weighted by Gasteiger charge is -2.47. The first-order chi connectivity index (χ1) is 8.45. The fourth-order valence-corrected chi connectivity index (χ4v) is 3.02. The smallest absolute Gasteiger partial charge is 0.305 e. The zero-order valence-corrected chi connectivity index (χ0v) is 11.6. The molecule has 1 amide bonds. The molecule has 0 spiro atoms. The quantitative estimate of drug-likeness (QED) is 0.802. The number of piperidine rings is 1. The molecule has 1 aliphatic heterocycles. The van der Waals surface area contributed by atoms with Crippen molar-refractivity contribution in [3.8, 4) is 0 Å². The van der Waals surface area contributed by atoms with Gasteiger partial charge in [0, 0.05) is 25.6 Å². The van der Waals surface area contributed by atoms with Crippen LogP contribution in [0, 0.1) is 0 Å². The average Bonchev–Trinajstić information content (AvgIpc) is 2.30. The molecule has 0 saturated carbocycles. The Bertz CT molecular complexity index is 305. The maximum Gasteiger partial charge on any atom is 0.305 e. The highest BCUT2D eigenvalue weighted by Gasteiger charge is 2.40. The number of hydrogen-bond acceptors (Lipinski definition) is 3. The molecule has 0 aliphatic carbocycles. The predicted octanol–water partition coefficient (Wildman–Crippen LogP) is 1.18. The number of carboxylic acids is 1. The van der Waals surface area contributed by atoms with E-state index in [9.17, 15) is 9.59 Å². The van der Waals surface area contributed by atoms with Crippen LogP contribution in [0.15, 0.2) is 0 Å². The number of carbonyl (C=O) groups is 2. The SMILES string of the molecule is CCN(CC)C1(CC(=O)O)CCN(C(C)=O)CC1. The maximum absolute atomic E-state index is 11.3. The second-order valence-electron chi connectivity index (χ2n) is 4.97. The van der Waals surface area contributed by atoms with E-state index in [1.165, 1.54) is 0 Å². The molecule has 0 atom stereocenters. The van der Waals surface area contributed by atoms with Crippen LogP contribution in [0.2, 0.25) is 0 Å². The predicted molar refractivity (Wildman–Crippen MR) is 69.4 cm³/mol. The molecule has 5 heteroatoms. The first kappa shape index (κ1) is 15.0. The molecule has 0 aromatic carbocycles. The fourth-order valence-electron chi connectivity index (χ4n) is 3.02. The summed E-state index contributed by atoms with van der Waals surface area (Å²) in [4.78, 5) is 26.5. The Morgan fingerprint density at radius 3 is 2.06 bits per heavy atom. The van der Waals surface area contributed by atoms with Gasteiger partial charge in [-0.15, -0.1) is 0 Å². The highest BCUT2D eigenvalue weighted by atomic mass is 16.4. The average molecular weight is 256 g/mol. The zero-order chi connectivity index (χ0) is 13.8. The maximum atomic E-state index is 11.3. The lowest BCUT2D eigenvalue weighted by Crippen LogP contribution is -2.56. The van der Waals surface area contributed by atoms with Crippen LogP contribution in [0.1, 0.15) is 40.0 Å².